The summed E-state index contributed by atoms with van der Waals surface area (Å²) in [6.07, 6.45) is 3.90. The average Bonchev–Trinajstić information content (AvgIpc) is 2.71. The molecule has 4 rings (SSSR count). The Hall–Kier alpha value is -1.86. The van der Waals surface area contributed by atoms with Gasteiger partial charge < -0.3 is 0 Å². The summed E-state index contributed by atoms with van der Waals surface area (Å²) in [4.78, 5) is 17.1. The number of piperidine rings is 1. The summed E-state index contributed by atoms with van der Waals surface area (Å²) >= 11 is 0. The fourth-order valence-electron chi connectivity index (χ4n) is 3.89. The molecule has 27 heavy (non-hydrogen) atoms. The van der Waals surface area contributed by atoms with Crippen molar-refractivity contribution in [2.75, 3.05) is 57.4 Å². The van der Waals surface area contributed by atoms with E-state index in [9.17, 15) is 4.79 Å². The van der Waals surface area contributed by atoms with Gasteiger partial charge in [-0.15, -0.1) is 0 Å². The molecular formula is C20H27BN2O4. The molecular weight excluding hydrogens is 343 g/mol. The molecule has 2 aromatic rings. The molecule has 0 aliphatic carbocycles. The third-order valence-corrected chi connectivity index (χ3v) is 5.52. The van der Waals surface area contributed by atoms with Crippen LogP contribution in [0.2, 0.25) is 0 Å². The van der Waals surface area contributed by atoms with Crippen LogP contribution in [0, 0.1) is 6.92 Å². The number of ether oxygens (including phenoxy) is 2. The molecule has 0 aromatic carbocycles. The quantitative estimate of drug-likeness (QED) is 0.804. The summed E-state index contributed by atoms with van der Waals surface area (Å²) in [5, 5.41) is 0.605. The van der Waals surface area contributed by atoms with E-state index in [-0.39, 0.29) is 5.43 Å². The van der Waals surface area contributed by atoms with Crippen LogP contribution >= 0.6 is 0 Å². The predicted molar refractivity (Wildman–Crippen MR) is 107 cm³/mol. The van der Waals surface area contributed by atoms with Crippen LogP contribution in [0.15, 0.2) is 21.2 Å². The first kappa shape index (κ1) is 18.5. The number of anilines is 1. The van der Waals surface area contributed by atoms with Crippen LogP contribution in [0.25, 0.3) is 11.0 Å². The molecule has 0 unspecified atom stereocenters. The first-order chi connectivity index (χ1) is 13.2. The van der Waals surface area contributed by atoms with Gasteiger partial charge in [0.25, 0.3) is 0 Å². The second kappa shape index (κ2) is 8.44. The van der Waals surface area contributed by atoms with Crippen LogP contribution in [-0.2, 0) is 4.74 Å². The van der Waals surface area contributed by atoms with Crippen LogP contribution in [0.1, 0.15) is 24.8 Å². The molecule has 0 N–H and O–H groups in total. The molecule has 2 saturated heterocycles. The summed E-state index contributed by atoms with van der Waals surface area (Å²) in [7, 11) is 0. The van der Waals surface area contributed by atoms with Crippen LogP contribution in [0.3, 0.4) is 0 Å². The molecule has 2 aromatic heterocycles. The number of hydrogen-bond acceptors (Lipinski definition) is 6. The minimum atomic E-state index is -0.0132. The number of likely N-dealkylation sites (tertiary alicyclic amines) is 1. The molecule has 0 amide bonds. The first-order valence-corrected chi connectivity index (χ1v) is 9.98. The summed E-state index contributed by atoms with van der Waals surface area (Å²) in [5.74, 6) is 2.43. The van der Waals surface area contributed by atoms with Crippen molar-refractivity contribution in [3.05, 3.63) is 27.8 Å². The predicted octanol–water partition coefficient (Wildman–Crippen LogP) is 2.14. The average molecular weight is 370 g/mol. The van der Waals surface area contributed by atoms with Crippen molar-refractivity contribution in [1.29, 1.82) is 0 Å². The zero-order chi connectivity index (χ0) is 18.6. The molecule has 2 aliphatic rings. The van der Waals surface area contributed by atoms with Crippen LogP contribution < -0.4 is 15.1 Å². The summed E-state index contributed by atoms with van der Waals surface area (Å²) in [6.45, 7) is 10.5. The van der Waals surface area contributed by atoms with Gasteiger partial charge in [-0.1, -0.05) is 0 Å². The second-order valence-corrected chi connectivity index (χ2v) is 7.36. The fraction of sp³-hybridized carbons (Fsp3) is 0.600. The number of aryl methyl sites for hydroxylation is 1. The molecule has 7 heteroatoms. The van der Waals surface area contributed by atoms with E-state index in [0.717, 1.165) is 43.9 Å². The van der Waals surface area contributed by atoms with Crippen molar-refractivity contribution >= 4 is 23.8 Å². The van der Waals surface area contributed by atoms with Gasteiger partial charge in [0.1, 0.15) is 0 Å². The van der Waals surface area contributed by atoms with E-state index in [4.69, 9.17) is 13.9 Å². The van der Waals surface area contributed by atoms with E-state index in [2.05, 4.69) is 9.80 Å². The number of morpholine rings is 1. The molecule has 2 aliphatic heterocycles. The maximum absolute atomic E-state index is 12.6. The Morgan fingerprint density at radius 2 is 1.93 bits per heavy atom. The summed E-state index contributed by atoms with van der Waals surface area (Å²) in [6, 6.07) is 1.59. The first-order valence-electron chi connectivity index (χ1n) is 9.98. The van der Waals surface area contributed by atoms with Gasteiger partial charge in [-0.25, -0.2) is 0 Å². The van der Waals surface area contributed by atoms with Gasteiger partial charge in [0.15, 0.2) is 0 Å². The SMILES string of the molecule is Cc1c(OCCN2CCCCC2)bcc2c(=O)cc(N3CCOCC3)oc12. The van der Waals surface area contributed by atoms with Crippen molar-refractivity contribution in [2.24, 2.45) is 0 Å². The molecule has 4 heterocycles. The Kier molecular flexibility index (Phi) is 5.79. The van der Waals surface area contributed by atoms with Gasteiger partial charge in [0, 0.05) is 0 Å². The Balaban J connectivity index is 1.53. The third-order valence-electron chi connectivity index (χ3n) is 5.52. The molecule has 0 radical (unpaired) electrons. The van der Waals surface area contributed by atoms with E-state index in [1.807, 2.05) is 19.8 Å². The van der Waals surface area contributed by atoms with Crippen LogP contribution in [0.4, 0.5) is 5.88 Å². The summed E-state index contributed by atoms with van der Waals surface area (Å²) in [5.41, 5.74) is 2.29. The third kappa shape index (κ3) is 4.19. The Bertz CT molecular complexity index is 842. The van der Waals surface area contributed by atoms with Crippen molar-refractivity contribution in [3.8, 4) is 5.64 Å². The van der Waals surface area contributed by atoms with E-state index in [1.165, 1.54) is 19.3 Å². The fourth-order valence-corrected chi connectivity index (χ4v) is 3.89. The normalized spacial score (nSPS) is 18.6. The Labute approximate surface area is 160 Å². The Morgan fingerprint density at radius 1 is 1.15 bits per heavy atom. The minimum absolute atomic E-state index is 0.0132. The number of hydrogen-bond donors (Lipinski definition) is 0. The standard InChI is InChI=1S/C20H27BN2O4/c1-15-19-16(17(24)13-18(27-19)23-8-10-25-11-9-23)14-21-20(15)26-12-7-22-5-3-2-4-6-22/h13-14H,2-12H2,1H3. The van der Waals surface area contributed by atoms with E-state index in [0.29, 0.717) is 36.7 Å². The molecule has 0 spiro atoms. The molecule has 6 nitrogen and oxygen atoms in total. The zero-order valence-electron chi connectivity index (χ0n) is 16.0. The van der Waals surface area contributed by atoms with Crippen LogP contribution in [-0.4, -0.2) is 64.4 Å². The van der Waals surface area contributed by atoms with Gasteiger partial charge in [-0.05, 0) is 0 Å². The monoisotopic (exact) mass is 370 g/mol. The van der Waals surface area contributed by atoms with Crippen molar-refractivity contribution in [2.45, 2.75) is 26.2 Å². The number of rotatable bonds is 5. The van der Waals surface area contributed by atoms with Gasteiger partial charge in [-0.3, -0.25) is 0 Å². The second-order valence-electron chi connectivity index (χ2n) is 7.36. The van der Waals surface area contributed by atoms with E-state index >= 15 is 0 Å². The van der Waals surface area contributed by atoms with Gasteiger partial charge in [-0.2, -0.15) is 0 Å². The topological polar surface area (TPSA) is 55.2 Å². The van der Waals surface area contributed by atoms with Crippen molar-refractivity contribution in [3.63, 3.8) is 0 Å². The van der Waals surface area contributed by atoms with Crippen LogP contribution in [0.5, 0.6) is 5.64 Å². The molecule has 144 valence electrons. The van der Waals surface area contributed by atoms with E-state index in [1.54, 1.807) is 6.07 Å². The molecule has 2 fully saturated rings. The molecule has 0 bridgehead atoms. The molecule has 0 atom stereocenters. The van der Waals surface area contributed by atoms with Crippen molar-refractivity contribution < 1.29 is 13.9 Å². The van der Waals surface area contributed by atoms with Gasteiger partial charge >= 0.3 is 160 Å². The number of fused-ring (bicyclic) bond motifs is 1. The van der Waals surface area contributed by atoms with Gasteiger partial charge in [0.2, 0.25) is 0 Å². The molecule has 0 saturated carbocycles. The van der Waals surface area contributed by atoms with Gasteiger partial charge in [0.05, 0.1) is 0 Å². The van der Waals surface area contributed by atoms with E-state index < -0.39 is 0 Å². The Morgan fingerprint density at radius 3 is 2.70 bits per heavy atom. The summed E-state index contributed by atoms with van der Waals surface area (Å²) < 4.78 is 17.6. The zero-order valence-corrected chi connectivity index (χ0v) is 16.0. The number of nitrogens with zero attached hydrogens (tertiary/aromatic N) is 2. The van der Waals surface area contributed by atoms with Crippen molar-refractivity contribution in [1.82, 2.24) is 4.90 Å². The maximum atomic E-state index is 12.6.